The zero-order valence-corrected chi connectivity index (χ0v) is 26.6. The SMILES string of the molecule is CCCCCOc1ccc(C2/C(=C(/O)c3ccc(OCc4ccc(C)cc4)cc3)C(=O)C(=O)N2CCCN(CC)CC)cc1. The standard InChI is InChI=1S/C37H46N2O5/c1-5-8-9-25-43-31-19-15-29(16-20-31)34-33(36(41)37(42)39(34)24-10-23-38(6-2)7-3)35(40)30-17-21-32(22-18-30)44-26-28-13-11-27(4)12-14-28/h11-22,34,40H,5-10,23-26H2,1-4H3/b35-33-. The Balaban J connectivity index is 1.58. The fourth-order valence-corrected chi connectivity index (χ4v) is 5.47. The van der Waals surface area contributed by atoms with Crippen molar-refractivity contribution in [2.24, 2.45) is 0 Å². The molecule has 1 unspecified atom stereocenters. The van der Waals surface area contributed by atoms with Crippen LogP contribution in [0.15, 0.2) is 78.4 Å². The summed E-state index contributed by atoms with van der Waals surface area (Å²) in [4.78, 5) is 30.8. The van der Waals surface area contributed by atoms with Gasteiger partial charge in [-0.1, -0.05) is 75.6 Å². The van der Waals surface area contributed by atoms with Crippen LogP contribution >= 0.6 is 0 Å². The normalized spacial score (nSPS) is 16.1. The molecule has 7 nitrogen and oxygen atoms in total. The largest absolute Gasteiger partial charge is 0.507 e. The molecule has 1 fully saturated rings. The molecule has 1 saturated heterocycles. The van der Waals surface area contributed by atoms with Crippen molar-refractivity contribution >= 4 is 17.4 Å². The molecule has 7 heteroatoms. The van der Waals surface area contributed by atoms with E-state index in [1.165, 1.54) is 5.56 Å². The van der Waals surface area contributed by atoms with E-state index in [0.717, 1.165) is 62.2 Å². The summed E-state index contributed by atoms with van der Waals surface area (Å²) < 4.78 is 11.8. The number of hydrogen-bond donors (Lipinski definition) is 1. The predicted octanol–water partition coefficient (Wildman–Crippen LogP) is 7.30. The van der Waals surface area contributed by atoms with Gasteiger partial charge in [0.25, 0.3) is 11.7 Å². The van der Waals surface area contributed by atoms with Gasteiger partial charge in [0.15, 0.2) is 0 Å². The molecular formula is C37H46N2O5. The molecule has 1 atom stereocenters. The maximum absolute atomic E-state index is 13.5. The molecule has 1 amide bonds. The van der Waals surface area contributed by atoms with Gasteiger partial charge < -0.3 is 24.4 Å². The quantitative estimate of drug-likeness (QED) is 0.0807. The van der Waals surface area contributed by atoms with Gasteiger partial charge in [-0.25, -0.2) is 0 Å². The van der Waals surface area contributed by atoms with Gasteiger partial charge in [-0.05, 0) is 86.9 Å². The Morgan fingerprint density at radius 1 is 0.818 bits per heavy atom. The van der Waals surface area contributed by atoms with Crippen molar-refractivity contribution < 1.29 is 24.2 Å². The number of benzene rings is 3. The van der Waals surface area contributed by atoms with Crippen LogP contribution in [-0.2, 0) is 16.2 Å². The lowest BCUT2D eigenvalue weighted by Gasteiger charge is -2.27. The highest BCUT2D eigenvalue weighted by Crippen LogP contribution is 2.40. The number of amides is 1. The molecule has 1 aliphatic heterocycles. The monoisotopic (exact) mass is 598 g/mol. The van der Waals surface area contributed by atoms with Gasteiger partial charge in [-0.3, -0.25) is 9.59 Å². The molecule has 4 rings (SSSR count). The average Bonchev–Trinajstić information content (AvgIpc) is 3.30. The lowest BCUT2D eigenvalue weighted by Crippen LogP contribution is -2.33. The number of rotatable bonds is 16. The zero-order chi connectivity index (χ0) is 31.5. The van der Waals surface area contributed by atoms with E-state index < -0.39 is 17.7 Å². The van der Waals surface area contributed by atoms with Gasteiger partial charge in [0.1, 0.15) is 23.9 Å². The molecule has 234 valence electrons. The Kier molecular flexibility index (Phi) is 12.0. The van der Waals surface area contributed by atoms with Gasteiger partial charge in [-0.15, -0.1) is 0 Å². The zero-order valence-electron chi connectivity index (χ0n) is 26.6. The Morgan fingerprint density at radius 2 is 1.45 bits per heavy atom. The first-order valence-electron chi connectivity index (χ1n) is 15.9. The molecule has 0 bridgehead atoms. The summed E-state index contributed by atoms with van der Waals surface area (Å²) in [5.41, 5.74) is 3.56. The number of carbonyl (C=O) groups excluding carboxylic acids is 2. The molecule has 0 aliphatic carbocycles. The molecule has 0 saturated carbocycles. The third-order valence-corrected chi connectivity index (χ3v) is 8.17. The van der Waals surface area contributed by atoms with Gasteiger partial charge in [-0.2, -0.15) is 0 Å². The number of unbranched alkanes of at least 4 members (excludes halogenated alkanes) is 2. The maximum Gasteiger partial charge on any atom is 0.295 e. The molecule has 3 aromatic rings. The summed E-state index contributed by atoms with van der Waals surface area (Å²) in [7, 11) is 0. The van der Waals surface area contributed by atoms with Crippen molar-refractivity contribution in [3.63, 3.8) is 0 Å². The molecule has 0 aromatic heterocycles. The molecule has 0 radical (unpaired) electrons. The Morgan fingerprint density at radius 3 is 2.09 bits per heavy atom. The third kappa shape index (κ3) is 8.29. The van der Waals surface area contributed by atoms with E-state index in [2.05, 4.69) is 25.7 Å². The lowest BCUT2D eigenvalue weighted by atomic mass is 9.95. The summed E-state index contributed by atoms with van der Waals surface area (Å²) in [6.07, 6.45) is 3.94. The summed E-state index contributed by atoms with van der Waals surface area (Å²) in [5.74, 6) is -0.0665. The van der Waals surface area contributed by atoms with Crippen molar-refractivity contribution in [1.29, 1.82) is 0 Å². The Labute approximate surface area is 262 Å². The highest BCUT2D eigenvalue weighted by Gasteiger charge is 2.45. The van der Waals surface area contributed by atoms with Gasteiger partial charge in [0.05, 0.1) is 18.2 Å². The van der Waals surface area contributed by atoms with E-state index >= 15 is 0 Å². The van der Waals surface area contributed by atoms with E-state index in [1.54, 1.807) is 29.2 Å². The van der Waals surface area contributed by atoms with E-state index in [9.17, 15) is 14.7 Å². The second-order valence-electron chi connectivity index (χ2n) is 11.3. The average molecular weight is 599 g/mol. The Hall–Kier alpha value is -4.10. The van der Waals surface area contributed by atoms with Crippen LogP contribution in [0.1, 0.15) is 74.8 Å². The second kappa shape index (κ2) is 16.1. The van der Waals surface area contributed by atoms with Crippen LogP contribution in [0, 0.1) is 6.92 Å². The molecule has 0 spiro atoms. The van der Waals surface area contributed by atoms with Crippen LogP contribution in [-0.4, -0.2) is 59.4 Å². The van der Waals surface area contributed by atoms with Crippen molar-refractivity contribution in [2.45, 2.75) is 66.0 Å². The number of ether oxygens (including phenoxy) is 2. The highest BCUT2D eigenvalue weighted by atomic mass is 16.5. The number of nitrogens with zero attached hydrogens (tertiary/aromatic N) is 2. The van der Waals surface area contributed by atoms with Gasteiger partial charge in [0, 0.05) is 12.1 Å². The molecule has 44 heavy (non-hydrogen) atoms. The summed E-state index contributed by atoms with van der Waals surface area (Å²) in [6.45, 7) is 12.5. The first-order chi connectivity index (χ1) is 21.4. The van der Waals surface area contributed by atoms with Crippen LogP contribution < -0.4 is 9.47 Å². The fraction of sp³-hybridized carbons (Fsp3) is 0.405. The van der Waals surface area contributed by atoms with Crippen LogP contribution in [0.2, 0.25) is 0 Å². The number of likely N-dealkylation sites (tertiary alicyclic amines) is 1. The Bertz CT molecular complexity index is 1390. The van der Waals surface area contributed by atoms with E-state index in [1.807, 2.05) is 55.5 Å². The van der Waals surface area contributed by atoms with Crippen molar-refractivity contribution in [3.05, 3.63) is 101 Å². The molecular weight excluding hydrogens is 552 g/mol. The minimum Gasteiger partial charge on any atom is -0.507 e. The number of Topliss-reactive ketones (excluding diaryl/α,β-unsaturated/α-hetero) is 1. The van der Waals surface area contributed by atoms with E-state index in [-0.39, 0.29) is 11.3 Å². The second-order valence-corrected chi connectivity index (χ2v) is 11.3. The van der Waals surface area contributed by atoms with Crippen molar-refractivity contribution in [2.75, 3.05) is 32.8 Å². The highest BCUT2D eigenvalue weighted by molar-refractivity contribution is 6.46. The van der Waals surface area contributed by atoms with Crippen molar-refractivity contribution in [1.82, 2.24) is 9.80 Å². The molecule has 1 heterocycles. The van der Waals surface area contributed by atoms with Gasteiger partial charge >= 0.3 is 0 Å². The summed E-state index contributed by atoms with van der Waals surface area (Å²) in [5, 5.41) is 11.5. The molecule has 3 aromatic carbocycles. The summed E-state index contributed by atoms with van der Waals surface area (Å²) >= 11 is 0. The number of aliphatic hydroxyl groups is 1. The van der Waals surface area contributed by atoms with Crippen LogP contribution in [0.5, 0.6) is 11.5 Å². The lowest BCUT2D eigenvalue weighted by molar-refractivity contribution is -0.140. The minimum absolute atomic E-state index is 0.0998. The number of carbonyl (C=O) groups is 2. The number of ketones is 1. The maximum atomic E-state index is 13.5. The predicted molar refractivity (Wildman–Crippen MR) is 175 cm³/mol. The first kappa shape index (κ1) is 32.8. The van der Waals surface area contributed by atoms with E-state index in [0.29, 0.717) is 31.1 Å². The third-order valence-electron chi connectivity index (χ3n) is 8.17. The first-order valence-corrected chi connectivity index (χ1v) is 15.9. The van der Waals surface area contributed by atoms with Crippen LogP contribution in [0.3, 0.4) is 0 Å². The van der Waals surface area contributed by atoms with E-state index in [4.69, 9.17) is 9.47 Å². The number of hydrogen-bond acceptors (Lipinski definition) is 6. The summed E-state index contributed by atoms with van der Waals surface area (Å²) in [6, 6.07) is 21.9. The number of aryl methyl sites for hydroxylation is 1. The molecule has 1 aliphatic rings. The fourth-order valence-electron chi connectivity index (χ4n) is 5.47. The van der Waals surface area contributed by atoms with Crippen LogP contribution in [0.25, 0.3) is 5.76 Å². The van der Waals surface area contributed by atoms with Gasteiger partial charge in [0.2, 0.25) is 0 Å². The van der Waals surface area contributed by atoms with Crippen molar-refractivity contribution in [3.8, 4) is 11.5 Å². The topological polar surface area (TPSA) is 79.3 Å². The smallest absolute Gasteiger partial charge is 0.295 e. The van der Waals surface area contributed by atoms with Crippen LogP contribution in [0.4, 0.5) is 0 Å². The minimum atomic E-state index is -0.696. The molecule has 1 N–H and O–H groups in total. The number of aliphatic hydroxyl groups excluding tert-OH is 1.